The molecule has 5 aliphatic rings. The van der Waals surface area contributed by atoms with Gasteiger partial charge in [0.25, 0.3) is 0 Å². The summed E-state index contributed by atoms with van der Waals surface area (Å²) in [4.78, 5) is 12.0. The average molecular weight is 972 g/mol. The molecule has 15 unspecified atom stereocenters. The van der Waals surface area contributed by atoms with Gasteiger partial charge in [-0.05, 0) is 13.0 Å². The number of hydrogen-bond acceptors (Lipinski definition) is 28. The van der Waals surface area contributed by atoms with Crippen LogP contribution >= 0.6 is 0 Å². The number of hydrogen-bond donors (Lipinski definition) is 19. The fraction of sp³-hybridized carbons (Fsp3) is 0.972. The molecule has 5 aliphatic heterocycles. The van der Waals surface area contributed by atoms with Gasteiger partial charge in [0.2, 0.25) is 0 Å². The largest absolute Gasteiger partial charge is 0.394 e. The van der Waals surface area contributed by atoms with E-state index in [0.717, 1.165) is 0 Å². The number of nitrogens with two attached hydrogens (primary N) is 1. The van der Waals surface area contributed by atoms with Gasteiger partial charge in [0.05, 0.1) is 39.6 Å². The molecule has 5 fully saturated rings. The van der Waals surface area contributed by atoms with Gasteiger partial charge < -0.3 is 145 Å². The first-order chi connectivity index (χ1) is 31.5. The number of ether oxygens (including phenoxy) is 10. The highest BCUT2D eigenvalue weighted by atomic mass is 16.8. The molecular formula is C36H65N3O27. The second kappa shape index (κ2) is 25.3. The van der Waals surface area contributed by atoms with Crippen LogP contribution in [0.4, 0.5) is 4.79 Å². The van der Waals surface area contributed by atoms with Crippen LogP contribution in [0.5, 0.6) is 0 Å². The Morgan fingerprint density at radius 3 is 1.23 bits per heavy atom. The van der Waals surface area contributed by atoms with Crippen molar-refractivity contribution in [3.8, 4) is 0 Å². The minimum Gasteiger partial charge on any atom is -0.394 e. The molecule has 386 valence electrons. The van der Waals surface area contributed by atoms with E-state index in [9.17, 15) is 86.5 Å². The van der Waals surface area contributed by atoms with Crippen LogP contribution in [0.2, 0.25) is 0 Å². The summed E-state index contributed by atoms with van der Waals surface area (Å²) >= 11 is 0. The Morgan fingerprint density at radius 1 is 0.409 bits per heavy atom. The molecule has 0 aromatic rings. The predicted molar refractivity (Wildman–Crippen MR) is 205 cm³/mol. The molecule has 0 aliphatic carbocycles. The zero-order valence-corrected chi connectivity index (χ0v) is 35.2. The van der Waals surface area contributed by atoms with Crippen molar-refractivity contribution in [1.29, 1.82) is 0 Å². The predicted octanol–water partition coefficient (Wildman–Crippen LogP) is -12.3. The molecule has 0 aromatic carbocycles. The SMILES string of the molecule is NCCCNC(=O)NCCO[C@H]1OC(CO)[C@@H](O)C(O[C@H]2OC(CO)[C@@H](O)C(O[C@H]3OC(CO)[C@@H](O)C(O)C3O[C@H]3OC(CO)[C@@H](O)C(O)C3O[C@H]3OC(CO)[C@@H](O)C(O)C3O)C2O)C1O. The van der Waals surface area contributed by atoms with Crippen LogP contribution in [0.3, 0.4) is 0 Å². The molecule has 0 aromatic heterocycles. The number of amides is 2. The molecule has 66 heavy (non-hydrogen) atoms. The Balaban J connectivity index is 1.36. The smallest absolute Gasteiger partial charge is 0.314 e. The number of aliphatic hydroxyl groups is 16. The van der Waals surface area contributed by atoms with Gasteiger partial charge in [-0.3, -0.25) is 0 Å². The second-order valence-corrected chi connectivity index (χ2v) is 16.1. The molecule has 30 heteroatoms. The van der Waals surface area contributed by atoms with Crippen LogP contribution in [0.15, 0.2) is 0 Å². The summed E-state index contributed by atoms with van der Waals surface area (Å²) < 4.78 is 56.6. The lowest BCUT2D eigenvalue weighted by Gasteiger charge is -2.50. The first-order valence-electron chi connectivity index (χ1n) is 21.2. The van der Waals surface area contributed by atoms with Crippen LogP contribution in [0.25, 0.3) is 0 Å². The highest BCUT2D eigenvalue weighted by Crippen LogP contribution is 2.36. The third-order valence-corrected chi connectivity index (χ3v) is 11.6. The molecule has 5 heterocycles. The van der Waals surface area contributed by atoms with Crippen molar-refractivity contribution in [2.45, 2.75) is 160 Å². The highest BCUT2D eigenvalue weighted by molar-refractivity contribution is 5.73. The fourth-order valence-electron chi connectivity index (χ4n) is 7.80. The van der Waals surface area contributed by atoms with E-state index in [0.29, 0.717) is 19.5 Å². The first-order valence-corrected chi connectivity index (χ1v) is 21.2. The number of rotatable bonds is 20. The molecule has 0 saturated carbocycles. The van der Waals surface area contributed by atoms with E-state index in [2.05, 4.69) is 10.6 Å². The van der Waals surface area contributed by atoms with Crippen LogP contribution in [0.1, 0.15) is 6.42 Å². The molecule has 25 atom stereocenters. The Bertz CT molecular complexity index is 1450. The summed E-state index contributed by atoms with van der Waals surface area (Å²) in [7, 11) is 0. The van der Waals surface area contributed by atoms with Gasteiger partial charge in [0.1, 0.15) is 122 Å². The standard InChI is InChI=1S/C36H65N3O27/c37-2-1-3-38-36(56)39-4-5-57-31-25(54)27(19(48)14(9-43)58-31)63-33-26(55)28(20(49)15(10-44)60-33)64-34-30(23(52)18(47)12(7-41)61-34)66-35-29(22(51)17(46)13(8-42)62-35)65-32-24(53)21(50)16(45)11(6-40)59-32/h11-35,40-55H,1-10,37H2,(H2,38,39,56)/t11?,12?,13?,14?,15?,16-,17-,18-,19-,20-,21?,22?,23?,24?,25?,26?,27?,28?,29?,30?,31+,32-,33-,34-,35-/m1/s1. The number of carbonyl (C=O) groups excluding carboxylic acids is 1. The van der Waals surface area contributed by atoms with E-state index in [1.165, 1.54) is 0 Å². The molecule has 30 nitrogen and oxygen atoms in total. The van der Waals surface area contributed by atoms with Gasteiger partial charge >= 0.3 is 6.03 Å². The summed E-state index contributed by atoms with van der Waals surface area (Å²) in [5, 5.41) is 175. The number of urea groups is 1. The Kier molecular flexibility index (Phi) is 21.2. The normalized spacial score (nSPS) is 46.8. The van der Waals surface area contributed by atoms with Crippen molar-refractivity contribution in [1.82, 2.24) is 10.6 Å². The molecule has 0 radical (unpaired) electrons. The van der Waals surface area contributed by atoms with Gasteiger partial charge in [-0.25, -0.2) is 4.79 Å². The third kappa shape index (κ3) is 12.6. The van der Waals surface area contributed by atoms with Crippen LogP contribution < -0.4 is 16.4 Å². The Hall–Kier alpha value is -1.81. The maximum absolute atomic E-state index is 12.0. The van der Waals surface area contributed by atoms with E-state index in [1.807, 2.05) is 0 Å². The average Bonchev–Trinajstić information content (AvgIpc) is 3.30. The Labute approximate surface area is 375 Å². The van der Waals surface area contributed by atoms with Gasteiger partial charge in [-0.2, -0.15) is 0 Å². The number of aliphatic hydroxyl groups excluding tert-OH is 16. The molecule has 2 amide bonds. The topological polar surface area (TPSA) is 483 Å². The van der Waals surface area contributed by atoms with E-state index < -0.39 is 193 Å². The second-order valence-electron chi connectivity index (χ2n) is 16.1. The van der Waals surface area contributed by atoms with Gasteiger partial charge in [0, 0.05) is 13.1 Å². The minimum atomic E-state index is -2.19. The minimum absolute atomic E-state index is 0.0986. The molecule has 0 spiro atoms. The molecule has 0 bridgehead atoms. The Morgan fingerprint density at radius 2 is 0.758 bits per heavy atom. The van der Waals surface area contributed by atoms with Crippen molar-refractivity contribution in [2.75, 3.05) is 59.3 Å². The van der Waals surface area contributed by atoms with Crippen molar-refractivity contribution in [2.24, 2.45) is 5.73 Å². The van der Waals surface area contributed by atoms with Crippen LogP contribution in [-0.4, -0.2) is 301 Å². The van der Waals surface area contributed by atoms with Crippen molar-refractivity contribution in [3.05, 3.63) is 0 Å². The van der Waals surface area contributed by atoms with E-state index >= 15 is 0 Å². The zero-order valence-electron chi connectivity index (χ0n) is 35.2. The van der Waals surface area contributed by atoms with Crippen molar-refractivity contribution >= 4 is 6.03 Å². The lowest BCUT2D eigenvalue weighted by molar-refractivity contribution is -0.407. The monoisotopic (exact) mass is 971 g/mol. The van der Waals surface area contributed by atoms with E-state index in [1.54, 1.807) is 0 Å². The molecule has 5 rings (SSSR count). The summed E-state index contributed by atoms with van der Waals surface area (Å²) in [5.74, 6) is 0. The third-order valence-electron chi connectivity index (χ3n) is 11.6. The summed E-state index contributed by atoms with van der Waals surface area (Å²) in [6.45, 7) is -4.39. The van der Waals surface area contributed by atoms with Crippen LogP contribution in [-0.2, 0) is 47.4 Å². The molecule has 20 N–H and O–H groups in total. The molecular weight excluding hydrogens is 906 g/mol. The van der Waals surface area contributed by atoms with E-state index in [4.69, 9.17) is 53.1 Å². The van der Waals surface area contributed by atoms with Crippen molar-refractivity contribution < 1.29 is 134 Å². The maximum atomic E-state index is 12.0. The summed E-state index contributed by atoms with van der Waals surface area (Å²) in [6.07, 6.45) is -47.3. The number of carbonyl (C=O) groups is 1. The fourth-order valence-corrected chi connectivity index (χ4v) is 7.80. The lowest BCUT2D eigenvalue weighted by Crippen LogP contribution is -2.68. The first kappa shape index (κ1) is 55.1. The van der Waals surface area contributed by atoms with Gasteiger partial charge in [-0.1, -0.05) is 0 Å². The van der Waals surface area contributed by atoms with Gasteiger partial charge in [0.15, 0.2) is 31.5 Å². The molecule has 5 saturated heterocycles. The zero-order chi connectivity index (χ0) is 48.6. The van der Waals surface area contributed by atoms with Crippen molar-refractivity contribution in [3.63, 3.8) is 0 Å². The van der Waals surface area contributed by atoms with Gasteiger partial charge in [-0.15, -0.1) is 0 Å². The highest BCUT2D eigenvalue weighted by Gasteiger charge is 2.57. The van der Waals surface area contributed by atoms with Crippen LogP contribution in [0, 0.1) is 0 Å². The maximum Gasteiger partial charge on any atom is 0.314 e. The number of nitrogens with one attached hydrogen (secondary N) is 2. The summed E-state index contributed by atoms with van der Waals surface area (Å²) in [6, 6.07) is -0.543. The summed E-state index contributed by atoms with van der Waals surface area (Å²) in [5.41, 5.74) is 5.41. The lowest BCUT2D eigenvalue weighted by atomic mass is 9.95. The quantitative estimate of drug-likeness (QED) is 0.0504. The van der Waals surface area contributed by atoms with E-state index in [-0.39, 0.29) is 13.2 Å².